The van der Waals surface area contributed by atoms with Crippen LogP contribution in [0, 0.1) is 18.6 Å². The Morgan fingerprint density at radius 2 is 1.93 bits per heavy atom. The quantitative estimate of drug-likeness (QED) is 0.536. The summed E-state index contributed by atoms with van der Waals surface area (Å²) in [6.07, 6.45) is 3.08. The van der Waals surface area contributed by atoms with Crippen LogP contribution in [-0.4, -0.2) is 9.55 Å². The lowest BCUT2D eigenvalue weighted by Gasteiger charge is -2.16. The van der Waals surface area contributed by atoms with Crippen LogP contribution in [0.15, 0.2) is 39.9 Å². The number of benzene rings is 2. The number of halogens is 2. The van der Waals surface area contributed by atoms with Gasteiger partial charge in [-0.25, -0.2) is 13.8 Å². The molecule has 136 valence electrons. The minimum atomic E-state index is -0.810. The number of hydrogen-bond acceptors (Lipinski definition) is 4. The molecule has 2 aromatic carbocycles. The summed E-state index contributed by atoms with van der Waals surface area (Å²) in [6.45, 7) is 1.84. The van der Waals surface area contributed by atoms with Crippen LogP contribution in [0.25, 0.3) is 33.1 Å². The van der Waals surface area contributed by atoms with Crippen LogP contribution in [0.3, 0.4) is 0 Å². The average molecular weight is 367 g/mol. The van der Waals surface area contributed by atoms with Gasteiger partial charge in [-0.05, 0) is 54.7 Å². The van der Waals surface area contributed by atoms with Crippen molar-refractivity contribution in [1.82, 2.24) is 9.55 Å². The van der Waals surface area contributed by atoms with E-state index in [0.29, 0.717) is 27.7 Å². The van der Waals surface area contributed by atoms with Gasteiger partial charge in [-0.15, -0.1) is 0 Å². The monoisotopic (exact) mass is 367 g/mol. The van der Waals surface area contributed by atoms with Crippen LogP contribution < -0.4 is 11.3 Å². The summed E-state index contributed by atoms with van der Waals surface area (Å²) in [5, 5.41) is 0.756. The number of hydrogen-bond donors (Lipinski definition) is 1. The molecular formula is C20H15F2N3O2. The number of aryl methyl sites for hydroxylation is 1. The fourth-order valence-corrected chi connectivity index (χ4v) is 3.73. The number of pyridine rings is 1. The summed E-state index contributed by atoms with van der Waals surface area (Å²) in [7, 11) is 0. The fourth-order valence-electron chi connectivity index (χ4n) is 3.73. The van der Waals surface area contributed by atoms with E-state index in [0.717, 1.165) is 23.8 Å². The molecule has 2 N–H and O–H groups in total. The zero-order valence-electron chi connectivity index (χ0n) is 14.4. The van der Waals surface area contributed by atoms with Gasteiger partial charge in [-0.2, -0.15) is 0 Å². The molecule has 0 atom stereocenters. The summed E-state index contributed by atoms with van der Waals surface area (Å²) in [5.41, 5.74) is 7.86. The number of aromatic nitrogens is 2. The molecule has 1 aliphatic carbocycles. The van der Waals surface area contributed by atoms with Crippen LogP contribution >= 0.6 is 0 Å². The molecule has 1 fully saturated rings. The van der Waals surface area contributed by atoms with Gasteiger partial charge in [0.05, 0.1) is 5.52 Å². The second-order valence-corrected chi connectivity index (χ2v) is 6.92. The molecule has 2 heterocycles. The molecule has 0 saturated heterocycles. The maximum atomic E-state index is 14.0. The summed E-state index contributed by atoms with van der Waals surface area (Å²) >= 11 is 0. The molecule has 1 saturated carbocycles. The first-order chi connectivity index (χ1) is 13.0. The highest BCUT2D eigenvalue weighted by Crippen LogP contribution is 2.40. The maximum absolute atomic E-state index is 14.0. The Kier molecular flexibility index (Phi) is 3.19. The molecule has 0 aliphatic heterocycles. The molecule has 5 nitrogen and oxygen atoms in total. The van der Waals surface area contributed by atoms with Gasteiger partial charge in [0.25, 0.3) is 5.56 Å². The molecule has 0 radical (unpaired) electrons. The highest BCUT2D eigenvalue weighted by atomic mass is 19.1. The summed E-state index contributed by atoms with van der Waals surface area (Å²) in [6, 6.07) is 6.09. The van der Waals surface area contributed by atoms with Gasteiger partial charge in [-0.3, -0.25) is 4.79 Å². The minimum absolute atomic E-state index is 0.106. The highest BCUT2D eigenvalue weighted by Gasteiger charge is 2.29. The molecule has 5 rings (SSSR count). The topological polar surface area (TPSA) is 74.1 Å². The smallest absolute Gasteiger partial charge is 0.281 e. The largest absolute Gasteiger partial charge is 0.443 e. The maximum Gasteiger partial charge on any atom is 0.281 e. The van der Waals surface area contributed by atoms with E-state index in [2.05, 4.69) is 4.98 Å². The van der Waals surface area contributed by atoms with Crippen molar-refractivity contribution in [2.24, 2.45) is 0 Å². The molecule has 0 bridgehead atoms. The van der Waals surface area contributed by atoms with Crippen LogP contribution in [0.4, 0.5) is 14.5 Å². The zero-order chi connectivity index (χ0) is 18.9. The van der Waals surface area contributed by atoms with E-state index in [1.54, 1.807) is 16.7 Å². The lowest BCUT2D eigenvalue weighted by Crippen LogP contribution is -2.20. The van der Waals surface area contributed by atoms with Crippen LogP contribution in [-0.2, 0) is 0 Å². The van der Waals surface area contributed by atoms with E-state index in [1.165, 1.54) is 18.5 Å². The highest BCUT2D eigenvalue weighted by molar-refractivity contribution is 6.04. The van der Waals surface area contributed by atoms with E-state index in [9.17, 15) is 13.6 Å². The first-order valence-electron chi connectivity index (χ1n) is 8.63. The zero-order valence-corrected chi connectivity index (χ0v) is 14.4. The molecule has 0 amide bonds. The summed E-state index contributed by atoms with van der Waals surface area (Å²) in [4.78, 5) is 17.0. The molecular weight excluding hydrogens is 352 g/mol. The van der Waals surface area contributed by atoms with E-state index >= 15 is 0 Å². The Balaban J connectivity index is 1.90. The van der Waals surface area contributed by atoms with Crippen molar-refractivity contribution < 1.29 is 13.2 Å². The van der Waals surface area contributed by atoms with Crippen molar-refractivity contribution in [3.8, 4) is 11.1 Å². The predicted octanol–water partition coefficient (Wildman–Crippen LogP) is 4.31. The molecule has 1 aliphatic rings. The van der Waals surface area contributed by atoms with E-state index in [4.69, 9.17) is 10.2 Å². The predicted molar refractivity (Wildman–Crippen MR) is 98.5 cm³/mol. The third-order valence-electron chi connectivity index (χ3n) is 5.21. The Morgan fingerprint density at radius 3 is 2.59 bits per heavy atom. The van der Waals surface area contributed by atoms with Crippen molar-refractivity contribution in [2.45, 2.75) is 25.8 Å². The van der Waals surface area contributed by atoms with Crippen LogP contribution in [0.1, 0.15) is 24.4 Å². The van der Waals surface area contributed by atoms with Crippen LogP contribution in [0.2, 0.25) is 0 Å². The van der Waals surface area contributed by atoms with Crippen LogP contribution in [0.5, 0.6) is 0 Å². The number of nitrogen functional groups attached to an aromatic ring is 1. The Bertz CT molecular complexity index is 1280. The second kappa shape index (κ2) is 5.39. The third-order valence-corrected chi connectivity index (χ3v) is 5.21. The first-order valence-corrected chi connectivity index (χ1v) is 8.63. The van der Waals surface area contributed by atoms with Gasteiger partial charge in [0.1, 0.15) is 17.3 Å². The molecule has 27 heavy (non-hydrogen) atoms. The van der Waals surface area contributed by atoms with E-state index in [1.807, 2.05) is 6.92 Å². The fraction of sp³-hybridized carbons (Fsp3) is 0.200. The lowest BCUT2D eigenvalue weighted by molar-refractivity contribution is 0.592. The van der Waals surface area contributed by atoms with Gasteiger partial charge in [-0.1, -0.05) is 6.07 Å². The summed E-state index contributed by atoms with van der Waals surface area (Å²) < 4.78 is 35.2. The SMILES string of the molecule is Cc1c(-c2cc(F)c(N)c(F)c2)ccc2c3ocnc3c(=O)n(C3CC3)c12. The lowest BCUT2D eigenvalue weighted by atomic mass is 9.96. The Hall–Kier alpha value is -3.22. The Labute approximate surface area is 152 Å². The number of nitrogens with zero attached hydrogens (tertiary/aromatic N) is 2. The molecule has 2 aromatic heterocycles. The second-order valence-electron chi connectivity index (χ2n) is 6.92. The van der Waals surface area contributed by atoms with Gasteiger partial charge < -0.3 is 14.7 Å². The molecule has 7 heteroatoms. The van der Waals surface area contributed by atoms with Gasteiger partial charge in [0, 0.05) is 11.4 Å². The van der Waals surface area contributed by atoms with Gasteiger partial charge in [0.2, 0.25) is 0 Å². The van der Waals surface area contributed by atoms with Crippen molar-refractivity contribution >= 4 is 27.7 Å². The molecule has 0 unspecified atom stereocenters. The summed E-state index contributed by atoms with van der Waals surface area (Å²) in [5.74, 6) is -1.62. The minimum Gasteiger partial charge on any atom is -0.443 e. The van der Waals surface area contributed by atoms with Gasteiger partial charge in [0.15, 0.2) is 17.5 Å². The number of nitrogens with two attached hydrogens (primary N) is 1. The van der Waals surface area contributed by atoms with Crippen molar-refractivity contribution in [3.63, 3.8) is 0 Å². The van der Waals surface area contributed by atoms with E-state index in [-0.39, 0.29) is 11.6 Å². The van der Waals surface area contributed by atoms with E-state index < -0.39 is 17.3 Å². The average Bonchev–Trinajstić information content (AvgIpc) is 3.35. The van der Waals surface area contributed by atoms with Crippen molar-refractivity contribution in [3.05, 3.63) is 58.2 Å². The first kappa shape index (κ1) is 16.0. The normalized spacial score (nSPS) is 14.3. The third kappa shape index (κ3) is 2.21. The van der Waals surface area contributed by atoms with Crippen molar-refractivity contribution in [2.75, 3.05) is 5.73 Å². The standard InChI is InChI=1S/C20H15F2N3O2/c1-9-12(10-6-14(21)16(23)15(22)7-10)4-5-13-18(9)25(11-2-3-11)20(26)17-19(13)27-8-24-17/h4-8,11H,2-3,23H2,1H3. The number of anilines is 1. The van der Waals surface area contributed by atoms with Crippen molar-refractivity contribution in [1.29, 1.82) is 0 Å². The number of oxazole rings is 1. The van der Waals surface area contributed by atoms with Gasteiger partial charge >= 0.3 is 0 Å². The Morgan fingerprint density at radius 1 is 1.22 bits per heavy atom. The number of fused-ring (bicyclic) bond motifs is 3. The molecule has 4 aromatic rings. The molecule has 0 spiro atoms. The number of rotatable bonds is 2.